The van der Waals surface area contributed by atoms with E-state index in [2.05, 4.69) is 26.2 Å². The standard InChI is InChI=1S/C20H24N6O3/c1-3-14(2)22-20(27)13-24-6-8-25(9-7-24)19-10-15(12-21)17-11-16(26(28)29)4-5-18(17)23-19/h4-5,10-11,14H,3,6-9,13H2,1-2H3,(H,22,27). The smallest absolute Gasteiger partial charge is 0.270 e. The van der Waals surface area contributed by atoms with Crippen LogP contribution in [-0.4, -0.2) is 59.5 Å². The number of amides is 1. The van der Waals surface area contributed by atoms with E-state index in [-0.39, 0.29) is 17.6 Å². The highest BCUT2D eigenvalue weighted by Crippen LogP contribution is 2.26. The van der Waals surface area contributed by atoms with Crippen molar-refractivity contribution in [3.8, 4) is 6.07 Å². The molecule has 2 aromatic rings. The van der Waals surface area contributed by atoms with Gasteiger partial charge in [0.2, 0.25) is 5.91 Å². The fourth-order valence-corrected chi connectivity index (χ4v) is 3.33. The second kappa shape index (κ2) is 8.84. The van der Waals surface area contributed by atoms with Gasteiger partial charge in [-0.25, -0.2) is 4.98 Å². The Labute approximate surface area is 169 Å². The van der Waals surface area contributed by atoms with E-state index in [4.69, 9.17) is 0 Å². The highest BCUT2D eigenvalue weighted by Gasteiger charge is 2.22. The number of nitro groups is 1. The molecule has 1 aromatic heterocycles. The number of anilines is 1. The van der Waals surface area contributed by atoms with Gasteiger partial charge in [0.15, 0.2) is 0 Å². The Kier molecular flexibility index (Phi) is 6.24. The number of piperazine rings is 1. The van der Waals surface area contributed by atoms with E-state index in [1.807, 2.05) is 13.8 Å². The van der Waals surface area contributed by atoms with E-state index in [1.165, 1.54) is 12.1 Å². The molecule has 1 N–H and O–H groups in total. The molecular formula is C20H24N6O3. The maximum Gasteiger partial charge on any atom is 0.270 e. The van der Waals surface area contributed by atoms with E-state index in [1.54, 1.807) is 12.1 Å². The first-order valence-corrected chi connectivity index (χ1v) is 9.67. The summed E-state index contributed by atoms with van der Waals surface area (Å²) in [4.78, 5) is 31.4. The minimum Gasteiger partial charge on any atom is -0.354 e. The number of non-ortho nitro benzene ring substituents is 1. The van der Waals surface area contributed by atoms with Crippen LogP contribution < -0.4 is 10.2 Å². The van der Waals surface area contributed by atoms with E-state index in [0.29, 0.717) is 41.9 Å². The molecule has 9 nitrogen and oxygen atoms in total. The van der Waals surface area contributed by atoms with Crippen molar-refractivity contribution in [3.05, 3.63) is 39.9 Å². The Morgan fingerprint density at radius 1 is 1.34 bits per heavy atom. The number of benzene rings is 1. The highest BCUT2D eigenvalue weighted by molar-refractivity contribution is 5.88. The van der Waals surface area contributed by atoms with Crippen LogP contribution in [0.4, 0.5) is 11.5 Å². The monoisotopic (exact) mass is 396 g/mol. The molecule has 1 amide bonds. The Hall–Kier alpha value is -3.25. The second-order valence-electron chi connectivity index (χ2n) is 7.24. The Bertz CT molecular complexity index is 963. The van der Waals surface area contributed by atoms with Gasteiger partial charge in [-0.2, -0.15) is 5.26 Å². The van der Waals surface area contributed by atoms with Crippen LogP contribution in [-0.2, 0) is 4.79 Å². The molecule has 0 bridgehead atoms. The molecule has 1 aliphatic heterocycles. The van der Waals surface area contributed by atoms with Gasteiger partial charge in [0.25, 0.3) is 5.69 Å². The van der Waals surface area contributed by atoms with Crippen LogP contribution in [0.3, 0.4) is 0 Å². The normalized spacial score (nSPS) is 15.7. The van der Waals surface area contributed by atoms with Crippen molar-refractivity contribution in [3.63, 3.8) is 0 Å². The fourth-order valence-electron chi connectivity index (χ4n) is 3.33. The Balaban J connectivity index is 1.71. The van der Waals surface area contributed by atoms with Crippen LogP contribution in [0.1, 0.15) is 25.8 Å². The number of nitro benzene ring substituents is 1. The maximum absolute atomic E-state index is 12.1. The third-order valence-corrected chi connectivity index (χ3v) is 5.19. The van der Waals surface area contributed by atoms with Crippen molar-refractivity contribution in [1.29, 1.82) is 5.26 Å². The van der Waals surface area contributed by atoms with Crippen molar-refractivity contribution < 1.29 is 9.72 Å². The number of nitrogens with one attached hydrogen (secondary N) is 1. The zero-order valence-corrected chi connectivity index (χ0v) is 16.6. The number of aromatic nitrogens is 1. The van der Waals surface area contributed by atoms with Crippen LogP contribution in [0.5, 0.6) is 0 Å². The van der Waals surface area contributed by atoms with E-state index < -0.39 is 4.92 Å². The minimum atomic E-state index is -0.481. The summed E-state index contributed by atoms with van der Waals surface area (Å²) >= 11 is 0. The predicted molar refractivity (Wildman–Crippen MR) is 110 cm³/mol. The Morgan fingerprint density at radius 3 is 2.69 bits per heavy atom. The molecule has 1 aromatic carbocycles. The molecule has 0 saturated carbocycles. The zero-order valence-electron chi connectivity index (χ0n) is 16.6. The lowest BCUT2D eigenvalue weighted by molar-refractivity contribution is -0.384. The number of carbonyl (C=O) groups excluding carboxylic acids is 1. The number of carbonyl (C=O) groups is 1. The van der Waals surface area contributed by atoms with Gasteiger partial charge in [0.05, 0.1) is 28.6 Å². The third kappa shape index (κ3) is 4.78. The number of nitrogens with zero attached hydrogens (tertiary/aromatic N) is 5. The van der Waals surface area contributed by atoms with Crippen LogP contribution >= 0.6 is 0 Å². The molecule has 1 saturated heterocycles. The van der Waals surface area contributed by atoms with Crippen LogP contribution in [0.15, 0.2) is 24.3 Å². The lowest BCUT2D eigenvalue weighted by atomic mass is 10.1. The summed E-state index contributed by atoms with van der Waals surface area (Å²) in [7, 11) is 0. The average molecular weight is 396 g/mol. The van der Waals surface area contributed by atoms with Crippen molar-refractivity contribution in [2.24, 2.45) is 0 Å². The molecule has 9 heteroatoms. The average Bonchev–Trinajstić information content (AvgIpc) is 2.72. The van der Waals surface area contributed by atoms with Crippen molar-refractivity contribution in [2.75, 3.05) is 37.6 Å². The number of hydrogen-bond donors (Lipinski definition) is 1. The summed E-state index contributed by atoms with van der Waals surface area (Å²) in [6.07, 6.45) is 0.900. The van der Waals surface area contributed by atoms with Gasteiger partial charge < -0.3 is 10.2 Å². The van der Waals surface area contributed by atoms with Crippen LogP contribution in [0.25, 0.3) is 10.9 Å². The number of rotatable bonds is 6. The molecule has 0 aliphatic carbocycles. The van der Waals surface area contributed by atoms with Gasteiger partial charge in [0.1, 0.15) is 5.82 Å². The topological polar surface area (TPSA) is 115 Å². The lowest BCUT2D eigenvalue weighted by Gasteiger charge is -2.35. The quantitative estimate of drug-likeness (QED) is 0.587. The summed E-state index contributed by atoms with van der Waals surface area (Å²) in [6.45, 7) is 7.21. The first-order chi connectivity index (χ1) is 13.9. The fraction of sp³-hybridized carbons (Fsp3) is 0.450. The van der Waals surface area contributed by atoms with Crippen LogP contribution in [0, 0.1) is 21.4 Å². The number of pyridine rings is 1. The SMILES string of the molecule is CCC(C)NC(=O)CN1CCN(c2cc(C#N)c3cc([N+](=O)[O-])ccc3n2)CC1. The molecule has 0 radical (unpaired) electrons. The number of hydrogen-bond acceptors (Lipinski definition) is 7. The molecule has 3 rings (SSSR count). The summed E-state index contributed by atoms with van der Waals surface area (Å²) in [5.41, 5.74) is 0.858. The van der Waals surface area contributed by atoms with Gasteiger partial charge >= 0.3 is 0 Å². The number of fused-ring (bicyclic) bond motifs is 1. The molecular weight excluding hydrogens is 372 g/mol. The summed E-state index contributed by atoms with van der Waals surface area (Å²) < 4.78 is 0. The number of nitriles is 1. The molecule has 1 fully saturated rings. The zero-order chi connectivity index (χ0) is 21.0. The van der Waals surface area contributed by atoms with Gasteiger partial charge in [-0.3, -0.25) is 19.8 Å². The molecule has 29 heavy (non-hydrogen) atoms. The Morgan fingerprint density at radius 2 is 2.07 bits per heavy atom. The predicted octanol–water partition coefficient (Wildman–Crippen LogP) is 2.05. The maximum atomic E-state index is 12.1. The van der Waals surface area contributed by atoms with Gasteiger partial charge in [0, 0.05) is 49.7 Å². The first kappa shape index (κ1) is 20.5. The molecule has 1 unspecified atom stereocenters. The van der Waals surface area contributed by atoms with E-state index in [9.17, 15) is 20.2 Å². The molecule has 1 atom stereocenters. The third-order valence-electron chi connectivity index (χ3n) is 5.19. The molecule has 0 spiro atoms. The minimum absolute atomic E-state index is 0.0324. The van der Waals surface area contributed by atoms with E-state index >= 15 is 0 Å². The highest BCUT2D eigenvalue weighted by atomic mass is 16.6. The van der Waals surface area contributed by atoms with Crippen LogP contribution in [0.2, 0.25) is 0 Å². The summed E-state index contributed by atoms with van der Waals surface area (Å²) in [5, 5.41) is 24.0. The van der Waals surface area contributed by atoms with Crippen molar-refractivity contribution in [1.82, 2.24) is 15.2 Å². The summed E-state index contributed by atoms with van der Waals surface area (Å²) in [6, 6.07) is 8.33. The molecule has 152 valence electrons. The largest absolute Gasteiger partial charge is 0.354 e. The van der Waals surface area contributed by atoms with Gasteiger partial charge in [-0.15, -0.1) is 0 Å². The van der Waals surface area contributed by atoms with Gasteiger partial charge in [-0.05, 0) is 25.5 Å². The lowest BCUT2D eigenvalue weighted by Crippen LogP contribution is -2.50. The second-order valence-corrected chi connectivity index (χ2v) is 7.24. The molecule has 1 aliphatic rings. The first-order valence-electron chi connectivity index (χ1n) is 9.67. The van der Waals surface area contributed by atoms with Gasteiger partial charge in [-0.1, -0.05) is 6.92 Å². The molecule has 2 heterocycles. The van der Waals surface area contributed by atoms with E-state index in [0.717, 1.165) is 19.5 Å². The summed E-state index contributed by atoms with van der Waals surface area (Å²) in [5.74, 6) is 0.705. The van der Waals surface area contributed by atoms with Crippen molar-refractivity contribution in [2.45, 2.75) is 26.3 Å². The van der Waals surface area contributed by atoms with Crippen molar-refractivity contribution >= 4 is 28.3 Å².